The molecule has 1 saturated heterocycles. The van der Waals surface area contributed by atoms with Gasteiger partial charge in [0.25, 0.3) is 0 Å². The molecule has 0 spiro atoms. The fourth-order valence-electron chi connectivity index (χ4n) is 3.60. The van der Waals surface area contributed by atoms with E-state index in [9.17, 15) is 14.4 Å². The van der Waals surface area contributed by atoms with Gasteiger partial charge in [0.1, 0.15) is 6.04 Å². The molecule has 7 heteroatoms. The fourth-order valence-corrected chi connectivity index (χ4v) is 3.60. The number of nitrogens with one attached hydrogen (secondary N) is 2. The standard InChI is InChI=1S/C24H30N4O3/c1-17(2)22(23(30)25-20-9-7-8-19(16-20)18(3)29)26-24(31)28-14-12-27(13-15-28)21-10-5-4-6-11-21/h4-11,16-17,22H,12-15H2,1-3H3,(H,25,30)(H,26,31). The van der Waals surface area contributed by atoms with Crippen molar-refractivity contribution >= 4 is 29.1 Å². The van der Waals surface area contributed by atoms with E-state index in [1.807, 2.05) is 32.0 Å². The first kappa shape index (κ1) is 22.3. The van der Waals surface area contributed by atoms with E-state index < -0.39 is 6.04 Å². The van der Waals surface area contributed by atoms with Gasteiger partial charge in [-0.1, -0.05) is 44.2 Å². The van der Waals surface area contributed by atoms with Crippen LogP contribution in [-0.4, -0.2) is 54.8 Å². The minimum Gasteiger partial charge on any atom is -0.368 e. The van der Waals surface area contributed by atoms with Crippen molar-refractivity contribution in [3.8, 4) is 0 Å². The van der Waals surface area contributed by atoms with Crippen LogP contribution in [0.15, 0.2) is 54.6 Å². The van der Waals surface area contributed by atoms with Crippen LogP contribution in [0.2, 0.25) is 0 Å². The molecule has 1 atom stereocenters. The molecule has 0 aliphatic carbocycles. The predicted molar refractivity (Wildman–Crippen MR) is 122 cm³/mol. The fraction of sp³-hybridized carbons (Fsp3) is 0.375. The predicted octanol–water partition coefficient (Wildman–Crippen LogP) is 3.38. The third-order valence-corrected chi connectivity index (χ3v) is 5.45. The first-order valence-corrected chi connectivity index (χ1v) is 10.6. The number of para-hydroxylation sites is 1. The first-order valence-electron chi connectivity index (χ1n) is 10.6. The number of ketones is 1. The Hall–Kier alpha value is -3.35. The molecule has 2 aromatic rings. The Morgan fingerprint density at radius 1 is 0.903 bits per heavy atom. The average molecular weight is 423 g/mol. The molecule has 0 bridgehead atoms. The van der Waals surface area contributed by atoms with Gasteiger partial charge in [-0.05, 0) is 37.1 Å². The van der Waals surface area contributed by atoms with Crippen LogP contribution >= 0.6 is 0 Å². The molecule has 1 heterocycles. The molecule has 31 heavy (non-hydrogen) atoms. The number of carbonyl (C=O) groups excluding carboxylic acids is 3. The van der Waals surface area contributed by atoms with Crippen molar-refractivity contribution in [1.29, 1.82) is 0 Å². The zero-order valence-electron chi connectivity index (χ0n) is 18.3. The van der Waals surface area contributed by atoms with Gasteiger partial charge in [0.15, 0.2) is 5.78 Å². The Morgan fingerprint density at radius 2 is 1.58 bits per heavy atom. The van der Waals surface area contributed by atoms with E-state index in [1.165, 1.54) is 6.92 Å². The number of hydrogen-bond acceptors (Lipinski definition) is 4. The number of Topliss-reactive ketones (excluding diaryl/α,β-unsaturated/α-hetero) is 1. The van der Waals surface area contributed by atoms with Crippen LogP contribution in [0, 0.1) is 5.92 Å². The topological polar surface area (TPSA) is 81.8 Å². The number of benzene rings is 2. The van der Waals surface area contributed by atoms with E-state index in [1.54, 1.807) is 29.2 Å². The molecule has 7 nitrogen and oxygen atoms in total. The van der Waals surface area contributed by atoms with Gasteiger partial charge < -0.3 is 20.4 Å². The van der Waals surface area contributed by atoms with Crippen LogP contribution in [0.4, 0.5) is 16.2 Å². The molecule has 164 valence electrons. The maximum absolute atomic E-state index is 12.9. The van der Waals surface area contributed by atoms with Gasteiger partial charge in [0.05, 0.1) is 0 Å². The highest BCUT2D eigenvalue weighted by Crippen LogP contribution is 2.16. The molecule has 3 rings (SSSR count). The quantitative estimate of drug-likeness (QED) is 0.700. The largest absolute Gasteiger partial charge is 0.368 e. The lowest BCUT2D eigenvalue weighted by Gasteiger charge is -2.37. The Balaban J connectivity index is 1.58. The van der Waals surface area contributed by atoms with Gasteiger partial charge >= 0.3 is 6.03 Å². The molecular formula is C24H30N4O3. The Kier molecular flexibility index (Phi) is 7.28. The number of urea groups is 1. The molecule has 1 unspecified atom stereocenters. The van der Waals surface area contributed by atoms with Gasteiger partial charge in [-0.3, -0.25) is 9.59 Å². The van der Waals surface area contributed by atoms with Gasteiger partial charge in [-0.15, -0.1) is 0 Å². The van der Waals surface area contributed by atoms with Crippen molar-refractivity contribution < 1.29 is 14.4 Å². The lowest BCUT2D eigenvalue weighted by molar-refractivity contribution is -0.118. The smallest absolute Gasteiger partial charge is 0.318 e. The van der Waals surface area contributed by atoms with E-state index in [2.05, 4.69) is 27.7 Å². The average Bonchev–Trinajstić information content (AvgIpc) is 2.78. The maximum atomic E-state index is 12.9. The molecule has 0 aromatic heterocycles. The van der Waals surface area contributed by atoms with Crippen molar-refractivity contribution in [2.45, 2.75) is 26.8 Å². The number of piperazine rings is 1. The van der Waals surface area contributed by atoms with Gasteiger partial charge in [-0.25, -0.2) is 4.79 Å². The number of anilines is 2. The number of nitrogens with zero attached hydrogens (tertiary/aromatic N) is 2. The summed E-state index contributed by atoms with van der Waals surface area (Å²) in [5, 5.41) is 5.71. The summed E-state index contributed by atoms with van der Waals surface area (Å²) in [4.78, 5) is 41.3. The van der Waals surface area contributed by atoms with E-state index in [0.29, 0.717) is 24.3 Å². The second-order valence-corrected chi connectivity index (χ2v) is 8.11. The van der Waals surface area contributed by atoms with Crippen molar-refractivity contribution in [3.63, 3.8) is 0 Å². The lowest BCUT2D eigenvalue weighted by Crippen LogP contribution is -2.56. The number of carbonyl (C=O) groups is 3. The number of hydrogen-bond donors (Lipinski definition) is 2. The summed E-state index contributed by atoms with van der Waals surface area (Å²) in [5.74, 6) is -0.461. The molecule has 1 aliphatic heterocycles. The van der Waals surface area contributed by atoms with Crippen molar-refractivity contribution in [1.82, 2.24) is 10.2 Å². The van der Waals surface area contributed by atoms with Crippen molar-refractivity contribution in [2.24, 2.45) is 5.92 Å². The Labute approximate surface area is 183 Å². The van der Waals surface area contributed by atoms with Crippen LogP contribution in [0.1, 0.15) is 31.1 Å². The summed E-state index contributed by atoms with van der Waals surface area (Å²) < 4.78 is 0. The second kappa shape index (κ2) is 10.1. The van der Waals surface area contributed by atoms with E-state index in [-0.39, 0.29) is 23.6 Å². The highest BCUT2D eigenvalue weighted by Gasteiger charge is 2.28. The van der Waals surface area contributed by atoms with Gasteiger partial charge in [0.2, 0.25) is 5.91 Å². The molecular weight excluding hydrogens is 392 g/mol. The molecule has 2 aromatic carbocycles. The summed E-state index contributed by atoms with van der Waals surface area (Å²) in [5.41, 5.74) is 2.21. The minimum atomic E-state index is -0.680. The van der Waals surface area contributed by atoms with Crippen LogP contribution < -0.4 is 15.5 Å². The molecule has 2 N–H and O–H groups in total. The minimum absolute atomic E-state index is 0.0699. The summed E-state index contributed by atoms with van der Waals surface area (Å²) in [6.45, 7) is 7.94. The third kappa shape index (κ3) is 5.84. The van der Waals surface area contributed by atoms with E-state index in [4.69, 9.17) is 0 Å². The zero-order chi connectivity index (χ0) is 22.4. The van der Waals surface area contributed by atoms with Crippen LogP contribution in [0.3, 0.4) is 0 Å². The summed E-state index contributed by atoms with van der Waals surface area (Å²) in [7, 11) is 0. The van der Waals surface area contributed by atoms with E-state index in [0.717, 1.165) is 18.8 Å². The van der Waals surface area contributed by atoms with Crippen molar-refractivity contribution in [2.75, 3.05) is 36.4 Å². The van der Waals surface area contributed by atoms with Crippen molar-refractivity contribution in [3.05, 3.63) is 60.2 Å². The SMILES string of the molecule is CC(=O)c1cccc(NC(=O)C(NC(=O)N2CCN(c3ccccc3)CC2)C(C)C)c1. The monoisotopic (exact) mass is 422 g/mol. The van der Waals surface area contributed by atoms with E-state index >= 15 is 0 Å². The summed E-state index contributed by atoms with van der Waals surface area (Å²) in [6.07, 6.45) is 0. The summed E-state index contributed by atoms with van der Waals surface area (Å²) >= 11 is 0. The molecule has 0 radical (unpaired) electrons. The normalized spacial score (nSPS) is 14.8. The molecule has 3 amide bonds. The number of rotatable bonds is 6. The lowest BCUT2D eigenvalue weighted by atomic mass is 10.0. The Morgan fingerprint density at radius 3 is 2.19 bits per heavy atom. The first-order chi connectivity index (χ1) is 14.8. The highest BCUT2D eigenvalue weighted by atomic mass is 16.2. The Bertz CT molecular complexity index is 921. The van der Waals surface area contributed by atoms with Gasteiger partial charge in [0, 0.05) is 43.1 Å². The summed E-state index contributed by atoms with van der Waals surface area (Å²) in [6, 6.07) is 16.0. The number of amides is 3. The molecule has 1 fully saturated rings. The third-order valence-electron chi connectivity index (χ3n) is 5.45. The second-order valence-electron chi connectivity index (χ2n) is 8.11. The van der Waals surface area contributed by atoms with Crippen LogP contribution in [0.5, 0.6) is 0 Å². The molecule has 0 saturated carbocycles. The van der Waals surface area contributed by atoms with Crippen LogP contribution in [-0.2, 0) is 4.79 Å². The highest BCUT2D eigenvalue weighted by molar-refractivity contribution is 5.99. The molecule has 1 aliphatic rings. The zero-order valence-corrected chi connectivity index (χ0v) is 18.3. The van der Waals surface area contributed by atoms with Crippen LogP contribution in [0.25, 0.3) is 0 Å². The van der Waals surface area contributed by atoms with Gasteiger partial charge in [-0.2, -0.15) is 0 Å². The maximum Gasteiger partial charge on any atom is 0.318 e.